The van der Waals surface area contributed by atoms with Crippen LogP contribution in [0.1, 0.15) is 51.9 Å². The number of hydrogen-bond donors (Lipinski definition) is 1. The van der Waals surface area contributed by atoms with Crippen molar-refractivity contribution in [3.63, 3.8) is 0 Å². The normalized spacial score (nSPS) is 9.24. The van der Waals surface area contributed by atoms with Crippen molar-refractivity contribution < 1.29 is 4.79 Å². The molecule has 0 fully saturated rings. The molecule has 0 aliphatic carbocycles. The quantitative estimate of drug-likeness (QED) is 0.715. The Morgan fingerprint density at radius 3 is 1.65 bits per heavy atom. The molecule has 0 radical (unpaired) electrons. The zero-order valence-electron chi connectivity index (χ0n) is 10.9. The molecule has 0 aromatic heterocycles. The van der Waals surface area contributed by atoms with Crippen LogP contribution in [-0.2, 0) is 4.79 Å². The molecule has 2 heteroatoms. The first kappa shape index (κ1) is 15.7. The second kappa shape index (κ2) is 12.8. The molecule has 1 amide bonds. The van der Waals surface area contributed by atoms with Crippen molar-refractivity contribution >= 4 is 5.91 Å². The Morgan fingerprint density at radius 2 is 1.24 bits per heavy atom. The number of carbonyl (C=O) groups excluding carboxylic acids is 1. The number of rotatable bonds is 7. The van der Waals surface area contributed by atoms with Crippen molar-refractivity contribution in [2.45, 2.75) is 51.9 Å². The molecule has 0 saturated carbocycles. The molecule has 0 aliphatic rings. The molecule has 96 valence electrons. The first-order valence-electron chi connectivity index (χ1n) is 6.55. The van der Waals surface area contributed by atoms with Crippen LogP contribution in [0.5, 0.6) is 0 Å². The number of amides is 1. The van der Waals surface area contributed by atoms with Gasteiger partial charge in [-0.2, -0.15) is 0 Å². The summed E-state index contributed by atoms with van der Waals surface area (Å²) >= 11 is 0. The summed E-state index contributed by atoms with van der Waals surface area (Å²) in [5.74, 6) is -0.166. The molecule has 0 bridgehead atoms. The van der Waals surface area contributed by atoms with E-state index in [-0.39, 0.29) is 5.91 Å². The topological polar surface area (TPSA) is 43.1 Å². The summed E-state index contributed by atoms with van der Waals surface area (Å²) in [6, 6.07) is 12.0. The van der Waals surface area contributed by atoms with E-state index in [1.807, 2.05) is 36.4 Å². The summed E-state index contributed by atoms with van der Waals surface area (Å²) in [5, 5.41) is 0. The summed E-state index contributed by atoms with van der Waals surface area (Å²) < 4.78 is 0. The monoisotopic (exact) mass is 235 g/mol. The minimum atomic E-state index is -0.166. The van der Waals surface area contributed by atoms with Crippen LogP contribution in [0.15, 0.2) is 36.4 Å². The van der Waals surface area contributed by atoms with Gasteiger partial charge in [-0.1, -0.05) is 75.4 Å². The first-order chi connectivity index (χ1) is 8.27. The van der Waals surface area contributed by atoms with Crippen LogP contribution in [0.25, 0.3) is 0 Å². The molecule has 0 aliphatic heterocycles. The van der Waals surface area contributed by atoms with E-state index in [0.29, 0.717) is 6.42 Å². The van der Waals surface area contributed by atoms with Gasteiger partial charge < -0.3 is 5.73 Å². The molecule has 1 aromatic carbocycles. The van der Waals surface area contributed by atoms with Gasteiger partial charge in [0.1, 0.15) is 0 Å². The summed E-state index contributed by atoms with van der Waals surface area (Å²) in [7, 11) is 0. The van der Waals surface area contributed by atoms with Crippen LogP contribution in [0.3, 0.4) is 0 Å². The first-order valence-corrected chi connectivity index (χ1v) is 6.55. The van der Waals surface area contributed by atoms with E-state index in [1.54, 1.807) is 0 Å². The Balaban J connectivity index is 0.000000354. The maximum absolute atomic E-state index is 10.3. The fourth-order valence-corrected chi connectivity index (χ4v) is 1.46. The Morgan fingerprint density at radius 1 is 0.824 bits per heavy atom. The van der Waals surface area contributed by atoms with Gasteiger partial charge in [0.25, 0.3) is 0 Å². The van der Waals surface area contributed by atoms with Crippen LogP contribution in [0.4, 0.5) is 0 Å². The van der Waals surface area contributed by atoms with E-state index in [0.717, 1.165) is 12.8 Å². The molecule has 0 atom stereocenters. The van der Waals surface area contributed by atoms with E-state index in [1.165, 1.54) is 25.7 Å². The van der Waals surface area contributed by atoms with Crippen molar-refractivity contribution in [2.24, 2.45) is 5.73 Å². The zero-order valence-corrected chi connectivity index (χ0v) is 10.9. The average molecular weight is 235 g/mol. The number of unbranched alkanes of at least 4 members (excludes halogenated alkanes) is 5. The van der Waals surface area contributed by atoms with Gasteiger partial charge in [0.15, 0.2) is 0 Å². The Kier molecular flexibility index (Phi) is 11.8. The molecule has 17 heavy (non-hydrogen) atoms. The Labute approximate surface area is 105 Å². The molecular weight excluding hydrogens is 210 g/mol. The number of benzene rings is 1. The van der Waals surface area contributed by atoms with Crippen molar-refractivity contribution in [3.8, 4) is 0 Å². The maximum atomic E-state index is 10.3. The standard InChI is InChI=1S/C9H19NO.C6H6/c1-2-3-4-5-6-7-8-9(10)11;1-2-4-6-5-3-1/h2-8H2,1H3,(H2,10,11);1-6H. The highest BCUT2D eigenvalue weighted by Gasteiger charge is 1.93. The van der Waals surface area contributed by atoms with Crippen LogP contribution in [-0.4, -0.2) is 5.91 Å². The molecule has 2 N–H and O–H groups in total. The highest BCUT2D eigenvalue weighted by atomic mass is 16.1. The van der Waals surface area contributed by atoms with Gasteiger partial charge >= 0.3 is 0 Å². The van der Waals surface area contributed by atoms with Gasteiger partial charge in [-0.05, 0) is 6.42 Å². The third-order valence-electron chi connectivity index (χ3n) is 2.44. The molecule has 0 spiro atoms. The molecule has 0 heterocycles. The minimum Gasteiger partial charge on any atom is -0.370 e. The van der Waals surface area contributed by atoms with E-state index < -0.39 is 0 Å². The number of primary amides is 1. The fraction of sp³-hybridized carbons (Fsp3) is 0.533. The molecule has 1 rings (SSSR count). The van der Waals surface area contributed by atoms with Gasteiger partial charge in [0.2, 0.25) is 5.91 Å². The van der Waals surface area contributed by atoms with Crippen LogP contribution >= 0.6 is 0 Å². The van der Waals surface area contributed by atoms with Crippen LogP contribution < -0.4 is 5.73 Å². The van der Waals surface area contributed by atoms with Gasteiger partial charge in [-0.25, -0.2) is 0 Å². The largest absolute Gasteiger partial charge is 0.370 e. The smallest absolute Gasteiger partial charge is 0.217 e. The predicted octanol–water partition coefficient (Wildman–Crippen LogP) is 3.91. The van der Waals surface area contributed by atoms with Gasteiger partial charge in [-0.15, -0.1) is 0 Å². The lowest BCUT2D eigenvalue weighted by atomic mass is 10.1. The number of carbonyl (C=O) groups is 1. The SMILES string of the molecule is CCCCCCCCC(N)=O.c1ccccc1. The molecule has 1 aromatic rings. The van der Waals surface area contributed by atoms with Crippen molar-refractivity contribution in [1.29, 1.82) is 0 Å². The molecule has 2 nitrogen and oxygen atoms in total. The fourth-order valence-electron chi connectivity index (χ4n) is 1.46. The third-order valence-corrected chi connectivity index (χ3v) is 2.44. The second-order valence-electron chi connectivity index (χ2n) is 4.14. The molecule has 0 unspecified atom stereocenters. The lowest BCUT2D eigenvalue weighted by Gasteiger charge is -1.97. The Bertz CT molecular complexity index is 232. The van der Waals surface area contributed by atoms with Gasteiger partial charge in [0, 0.05) is 6.42 Å². The predicted molar refractivity (Wildman–Crippen MR) is 73.6 cm³/mol. The third kappa shape index (κ3) is 14.7. The summed E-state index contributed by atoms with van der Waals surface area (Å²) in [5.41, 5.74) is 4.99. The van der Waals surface area contributed by atoms with Crippen LogP contribution in [0, 0.1) is 0 Å². The molecular formula is C15H25NO. The van der Waals surface area contributed by atoms with Gasteiger partial charge in [-0.3, -0.25) is 4.79 Å². The highest BCUT2D eigenvalue weighted by molar-refractivity contribution is 5.73. The Hall–Kier alpha value is -1.31. The van der Waals surface area contributed by atoms with E-state index >= 15 is 0 Å². The minimum absolute atomic E-state index is 0.166. The van der Waals surface area contributed by atoms with Crippen molar-refractivity contribution in [1.82, 2.24) is 0 Å². The molecule has 0 saturated heterocycles. The average Bonchev–Trinajstić information content (AvgIpc) is 2.36. The zero-order chi connectivity index (χ0) is 12.8. The summed E-state index contributed by atoms with van der Waals surface area (Å²) in [4.78, 5) is 10.3. The number of hydrogen-bond acceptors (Lipinski definition) is 1. The lowest BCUT2D eigenvalue weighted by Crippen LogP contribution is -2.09. The van der Waals surface area contributed by atoms with Crippen molar-refractivity contribution in [3.05, 3.63) is 36.4 Å². The van der Waals surface area contributed by atoms with E-state index in [2.05, 4.69) is 6.92 Å². The van der Waals surface area contributed by atoms with E-state index in [9.17, 15) is 4.79 Å². The van der Waals surface area contributed by atoms with Crippen LogP contribution in [0.2, 0.25) is 0 Å². The number of nitrogens with two attached hydrogens (primary N) is 1. The van der Waals surface area contributed by atoms with E-state index in [4.69, 9.17) is 5.73 Å². The summed E-state index contributed by atoms with van der Waals surface area (Å²) in [6.45, 7) is 2.20. The maximum Gasteiger partial charge on any atom is 0.217 e. The lowest BCUT2D eigenvalue weighted by molar-refractivity contribution is -0.118. The van der Waals surface area contributed by atoms with Crippen molar-refractivity contribution in [2.75, 3.05) is 0 Å². The van der Waals surface area contributed by atoms with Gasteiger partial charge in [0.05, 0.1) is 0 Å². The summed E-state index contributed by atoms with van der Waals surface area (Å²) in [6.07, 6.45) is 7.83. The highest BCUT2D eigenvalue weighted by Crippen LogP contribution is 2.05. The second-order valence-corrected chi connectivity index (χ2v) is 4.14.